The summed E-state index contributed by atoms with van der Waals surface area (Å²) in [6.07, 6.45) is 3.40. The van der Waals surface area contributed by atoms with Gasteiger partial charge in [0.25, 0.3) is 0 Å². The van der Waals surface area contributed by atoms with E-state index in [-0.39, 0.29) is 17.4 Å². The number of hydrogen-bond acceptors (Lipinski definition) is 4. The maximum atomic E-state index is 12.4. The lowest BCUT2D eigenvalue weighted by atomic mass is 10.0. The average molecular weight is 339 g/mol. The van der Waals surface area contributed by atoms with E-state index in [2.05, 4.69) is 4.72 Å². The van der Waals surface area contributed by atoms with E-state index in [0.717, 1.165) is 5.56 Å². The van der Waals surface area contributed by atoms with Gasteiger partial charge in [-0.05, 0) is 38.3 Å². The summed E-state index contributed by atoms with van der Waals surface area (Å²) in [7, 11) is -3.64. The Bertz CT molecular complexity index is 633. The van der Waals surface area contributed by atoms with Crippen LogP contribution in [-0.4, -0.2) is 27.0 Å². The van der Waals surface area contributed by atoms with E-state index in [1.807, 2.05) is 20.8 Å². The third-order valence-corrected chi connectivity index (χ3v) is 4.62. The number of benzene rings is 1. The van der Waals surface area contributed by atoms with Crippen LogP contribution < -0.4 is 4.72 Å². The standard InChI is InChI=1S/C17H25NO4S/c1-5-22-17(19)11-8-15(12-13(2)3)18-23(20,21)16-9-6-14(4)7-10-16/h6-11,13,15,18H,5,12H2,1-4H3/b11-8-. The first-order valence-corrected chi connectivity index (χ1v) is 9.17. The van der Waals surface area contributed by atoms with E-state index in [1.54, 1.807) is 37.3 Å². The molecule has 0 amide bonds. The number of aryl methyl sites for hydroxylation is 1. The van der Waals surface area contributed by atoms with Crippen molar-refractivity contribution in [1.82, 2.24) is 4.72 Å². The lowest BCUT2D eigenvalue weighted by molar-refractivity contribution is -0.137. The van der Waals surface area contributed by atoms with Gasteiger partial charge in [-0.15, -0.1) is 0 Å². The van der Waals surface area contributed by atoms with Gasteiger partial charge >= 0.3 is 5.97 Å². The summed E-state index contributed by atoms with van der Waals surface area (Å²) in [5, 5.41) is 0. The van der Waals surface area contributed by atoms with Crippen LogP contribution in [0.2, 0.25) is 0 Å². The van der Waals surface area contributed by atoms with Crippen LogP contribution in [0.25, 0.3) is 0 Å². The molecule has 0 aliphatic rings. The summed E-state index contributed by atoms with van der Waals surface area (Å²) in [5.74, 6) is -0.205. The molecule has 23 heavy (non-hydrogen) atoms. The van der Waals surface area contributed by atoms with Crippen LogP contribution in [0, 0.1) is 12.8 Å². The lowest BCUT2D eigenvalue weighted by Gasteiger charge is -2.17. The molecule has 0 spiro atoms. The molecule has 1 aromatic rings. The second kappa shape index (κ2) is 8.84. The van der Waals surface area contributed by atoms with Gasteiger partial charge in [-0.1, -0.05) is 37.6 Å². The van der Waals surface area contributed by atoms with E-state index in [0.29, 0.717) is 6.42 Å². The van der Waals surface area contributed by atoms with Gasteiger partial charge in [0.1, 0.15) is 0 Å². The Morgan fingerprint density at radius 3 is 2.39 bits per heavy atom. The first-order valence-electron chi connectivity index (χ1n) is 7.68. The number of nitrogens with one attached hydrogen (secondary N) is 1. The van der Waals surface area contributed by atoms with Gasteiger partial charge in [-0.25, -0.2) is 17.9 Å². The van der Waals surface area contributed by atoms with Crippen molar-refractivity contribution in [2.75, 3.05) is 6.61 Å². The largest absolute Gasteiger partial charge is 0.463 e. The maximum absolute atomic E-state index is 12.4. The molecule has 0 radical (unpaired) electrons. The molecule has 1 aromatic carbocycles. The summed E-state index contributed by atoms with van der Waals surface area (Å²) in [6, 6.07) is 6.17. The molecule has 0 aliphatic heterocycles. The highest BCUT2D eigenvalue weighted by Gasteiger charge is 2.19. The Balaban J connectivity index is 2.91. The lowest BCUT2D eigenvalue weighted by Crippen LogP contribution is -2.34. The Hall–Kier alpha value is -1.66. The van der Waals surface area contributed by atoms with Gasteiger partial charge < -0.3 is 4.74 Å². The monoisotopic (exact) mass is 339 g/mol. The van der Waals surface area contributed by atoms with E-state index in [4.69, 9.17) is 4.74 Å². The summed E-state index contributed by atoms with van der Waals surface area (Å²) >= 11 is 0. The van der Waals surface area contributed by atoms with Crippen molar-refractivity contribution >= 4 is 16.0 Å². The number of carbonyl (C=O) groups excluding carboxylic acids is 1. The molecule has 1 N–H and O–H groups in total. The Kier molecular flexibility index (Phi) is 7.45. The fraction of sp³-hybridized carbons (Fsp3) is 0.471. The van der Waals surface area contributed by atoms with Crippen molar-refractivity contribution in [2.45, 2.75) is 45.1 Å². The quantitative estimate of drug-likeness (QED) is 0.584. The minimum atomic E-state index is -3.64. The van der Waals surface area contributed by atoms with Crippen molar-refractivity contribution in [3.8, 4) is 0 Å². The SMILES string of the molecule is CCOC(=O)/C=C\C(CC(C)C)NS(=O)(=O)c1ccc(C)cc1. The Labute approximate surface area is 138 Å². The molecule has 1 atom stereocenters. The third kappa shape index (κ3) is 6.97. The van der Waals surface area contributed by atoms with E-state index in [9.17, 15) is 13.2 Å². The van der Waals surface area contributed by atoms with E-state index >= 15 is 0 Å². The molecule has 0 fully saturated rings. The van der Waals surface area contributed by atoms with Crippen LogP contribution in [-0.2, 0) is 19.6 Å². The van der Waals surface area contributed by atoms with E-state index in [1.165, 1.54) is 6.08 Å². The molecule has 0 saturated heterocycles. The molecule has 128 valence electrons. The topological polar surface area (TPSA) is 72.5 Å². The Morgan fingerprint density at radius 1 is 1.26 bits per heavy atom. The molecule has 0 bridgehead atoms. The average Bonchev–Trinajstić information content (AvgIpc) is 2.44. The molecule has 1 unspecified atom stereocenters. The normalized spacial score (nSPS) is 13.4. The van der Waals surface area contributed by atoms with Crippen LogP contribution >= 0.6 is 0 Å². The number of rotatable bonds is 8. The highest BCUT2D eigenvalue weighted by Crippen LogP contribution is 2.14. The predicted octanol–water partition coefficient (Wildman–Crippen LogP) is 2.81. The molecular weight excluding hydrogens is 314 g/mol. The van der Waals surface area contributed by atoms with Crippen molar-refractivity contribution in [1.29, 1.82) is 0 Å². The molecule has 6 heteroatoms. The number of esters is 1. The number of ether oxygens (including phenoxy) is 1. The number of sulfonamides is 1. The number of carbonyl (C=O) groups is 1. The van der Waals surface area contributed by atoms with Gasteiger partial charge in [0.15, 0.2) is 0 Å². The fourth-order valence-electron chi connectivity index (χ4n) is 2.04. The van der Waals surface area contributed by atoms with Gasteiger partial charge in [-0.2, -0.15) is 0 Å². The van der Waals surface area contributed by atoms with E-state index < -0.39 is 22.0 Å². The molecule has 0 aromatic heterocycles. The van der Waals surface area contributed by atoms with Crippen molar-refractivity contribution in [2.24, 2.45) is 5.92 Å². The van der Waals surface area contributed by atoms with Crippen LogP contribution in [0.15, 0.2) is 41.3 Å². The Morgan fingerprint density at radius 2 is 1.87 bits per heavy atom. The summed E-state index contributed by atoms with van der Waals surface area (Å²) in [5.41, 5.74) is 0.991. The maximum Gasteiger partial charge on any atom is 0.330 e. The highest BCUT2D eigenvalue weighted by molar-refractivity contribution is 7.89. The minimum absolute atomic E-state index is 0.210. The minimum Gasteiger partial charge on any atom is -0.463 e. The number of hydrogen-bond donors (Lipinski definition) is 1. The predicted molar refractivity (Wildman–Crippen MR) is 90.5 cm³/mol. The summed E-state index contributed by atoms with van der Waals surface area (Å²) in [6.45, 7) is 7.88. The third-order valence-electron chi connectivity index (χ3n) is 3.11. The molecular formula is C17H25NO4S. The zero-order valence-corrected chi connectivity index (χ0v) is 14.9. The van der Waals surface area contributed by atoms with Crippen LogP contribution in [0.3, 0.4) is 0 Å². The fourth-order valence-corrected chi connectivity index (χ4v) is 3.25. The first kappa shape index (κ1) is 19.4. The molecule has 1 rings (SSSR count). The van der Waals surface area contributed by atoms with Gasteiger partial charge in [0.2, 0.25) is 10.0 Å². The highest BCUT2D eigenvalue weighted by atomic mass is 32.2. The van der Waals surface area contributed by atoms with Crippen molar-refractivity contribution < 1.29 is 17.9 Å². The van der Waals surface area contributed by atoms with Crippen LogP contribution in [0.5, 0.6) is 0 Å². The second-order valence-corrected chi connectivity index (χ2v) is 7.50. The van der Waals surface area contributed by atoms with Gasteiger partial charge in [0, 0.05) is 12.1 Å². The summed E-state index contributed by atoms with van der Waals surface area (Å²) < 4.78 is 32.3. The van der Waals surface area contributed by atoms with Gasteiger partial charge in [-0.3, -0.25) is 0 Å². The second-order valence-electron chi connectivity index (χ2n) is 5.78. The van der Waals surface area contributed by atoms with Crippen LogP contribution in [0.4, 0.5) is 0 Å². The summed E-state index contributed by atoms with van der Waals surface area (Å²) in [4.78, 5) is 11.6. The van der Waals surface area contributed by atoms with Gasteiger partial charge in [0.05, 0.1) is 11.5 Å². The molecule has 0 aliphatic carbocycles. The molecule has 0 heterocycles. The molecule has 0 saturated carbocycles. The van der Waals surface area contributed by atoms with Crippen molar-refractivity contribution in [3.63, 3.8) is 0 Å². The first-order chi connectivity index (χ1) is 10.7. The zero-order valence-electron chi connectivity index (χ0n) is 14.1. The molecule has 5 nitrogen and oxygen atoms in total. The zero-order chi connectivity index (χ0) is 17.5. The van der Waals surface area contributed by atoms with Crippen molar-refractivity contribution in [3.05, 3.63) is 42.0 Å². The smallest absolute Gasteiger partial charge is 0.330 e. The van der Waals surface area contributed by atoms with Crippen LogP contribution in [0.1, 0.15) is 32.8 Å².